The van der Waals surface area contributed by atoms with Gasteiger partial charge in [-0.1, -0.05) is 30.3 Å². The van der Waals surface area contributed by atoms with Gasteiger partial charge >= 0.3 is 0 Å². The van der Waals surface area contributed by atoms with Gasteiger partial charge in [0.25, 0.3) is 0 Å². The van der Waals surface area contributed by atoms with Gasteiger partial charge in [0.1, 0.15) is 5.82 Å². The molecule has 7 heteroatoms. The number of carbonyl (C=O) groups excluding carboxylic acids is 1. The van der Waals surface area contributed by atoms with E-state index in [-0.39, 0.29) is 36.1 Å². The Hall–Kier alpha value is -3.50. The normalized spacial score (nSPS) is 12.7. The minimum atomic E-state index is -3.62. The second kappa shape index (κ2) is 10.2. The summed E-state index contributed by atoms with van der Waals surface area (Å²) in [6, 6.07) is 20.1. The Morgan fingerprint density at radius 2 is 1.68 bits per heavy atom. The van der Waals surface area contributed by atoms with Crippen LogP contribution in [0.15, 0.2) is 71.6 Å². The van der Waals surface area contributed by atoms with E-state index >= 15 is 0 Å². The first-order chi connectivity index (χ1) is 16.3. The molecule has 174 valence electrons. The first-order valence-corrected chi connectivity index (χ1v) is 12.8. The van der Waals surface area contributed by atoms with Crippen molar-refractivity contribution in [2.45, 2.75) is 43.7 Å². The highest BCUT2D eigenvalue weighted by Crippen LogP contribution is 2.25. The number of hydrogen-bond acceptors (Lipinski definition) is 4. The fraction of sp³-hybridized carbons (Fsp3) is 0.259. The molecule has 1 amide bonds. The monoisotopic (exact) mass is 476 g/mol. The van der Waals surface area contributed by atoms with E-state index in [2.05, 4.69) is 6.07 Å². The third-order valence-corrected chi connectivity index (χ3v) is 7.80. The Kier molecular flexibility index (Phi) is 7.09. The predicted octanol–water partition coefficient (Wildman–Crippen LogP) is 4.58. The first kappa shape index (κ1) is 23.7. The van der Waals surface area contributed by atoms with Crippen LogP contribution >= 0.6 is 0 Å². The summed E-state index contributed by atoms with van der Waals surface area (Å²) in [5, 5.41) is 9.00. The number of halogens is 1. The number of amides is 1. The second-order valence-electron chi connectivity index (χ2n) is 8.54. The molecule has 0 bridgehead atoms. The van der Waals surface area contributed by atoms with Crippen molar-refractivity contribution in [2.75, 3.05) is 5.75 Å². The van der Waals surface area contributed by atoms with E-state index in [9.17, 15) is 17.6 Å². The molecule has 0 N–H and O–H groups in total. The highest BCUT2D eigenvalue weighted by atomic mass is 32.2. The van der Waals surface area contributed by atoms with Gasteiger partial charge in [-0.3, -0.25) is 4.79 Å². The third kappa shape index (κ3) is 5.70. The Morgan fingerprint density at radius 1 is 0.941 bits per heavy atom. The molecule has 0 aromatic heterocycles. The number of sulfone groups is 1. The van der Waals surface area contributed by atoms with Crippen molar-refractivity contribution < 1.29 is 17.6 Å². The number of hydrogen-bond donors (Lipinski definition) is 0. The van der Waals surface area contributed by atoms with Crippen molar-refractivity contribution in [1.29, 1.82) is 5.26 Å². The molecule has 0 atom stereocenters. The Balaban J connectivity index is 1.50. The van der Waals surface area contributed by atoms with E-state index in [1.54, 1.807) is 48.5 Å². The molecule has 1 aliphatic rings. The lowest BCUT2D eigenvalue weighted by Crippen LogP contribution is -2.31. The summed E-state index contributed by atoms with van der Waals surface area (Å²) < 4.78 is 39.6. The van der Waals surface area contributed by atoms with E-state index in [4.69, 9.17) is 5.26 Å². The number of fused-ring (bicyclic) bond motifs is 1. The number of rotatable bonds is 8. The lowest BCUT2D eigenvalue weighted by Gasteiger charge is -2.23. The first-order valence-electron chi connectivity index (χ1n) is 11.2. The van der Waals surface area contributed by atoms with Crippen LogP contribution in [0, 0.1) is 17.1 Å². The number of benzene rings is 3. The largest absolute Gasteiger partial charge is 0.334 e. The van der Waals surface area contributed by atoms with E-state index in [1.807, 2.05) is 6.07 Å². The molecule has 5 nitrogen and oxygen atoms in total. The van der Waals surface area contributed by atoms with Crippen LogP contribution in [-0.4, -0.2) is 25.0 Å². The lowest BCUT2D eigenvalue weighted by molar-refractivity contribution is -0.132. The summed E-state index contributed by atoms with van der Waals surface area (Å²) in [6.45, 7) is 0.370. The van der Waals surface area contributed by atoms with Gasteiger partial charge in [-0.15, -0.1) is 0 Å². The second-order valence-corrected chi connectivity index (χ2v) is 10.7. The quantitative estimate of drug-likeness (QED) is 0.477. The highest BCUT2D eigenvalue weighted by molar-refractivity contribution is 7.91. The van der Waals surface area contributed by atoms with Crippen LogP contribution in [0.2, 0.25) is 0 Å². The fourth-order valence-corrected chi connectivity index (χ4v) is 5.51. The maximum atomic E-state index is 13.7. The molecule has 0 saturated heterocycles. The van der Waals surface area contributed by atoms with Crippen LogP contribution in [0.5, 0.6) is 0 Å². The van der Waals surface area contributed by atoms with Gasteiger partial charge in [0, 0.05) is 19.5 Å². The maximum absolute atomic E-state index is 13.7. The minimum absolute atomic E-state index is 0.148. The molecular formula is C27H25FN2O3S. The van der Waals surface area contributed by atoms with Gasteiger partial charge in [-0.25, -0.2) is 12.8 Å². The van der Waals surface area contributed by atoms with Crippen LogP contribution in [0.4, 0.5) is 4.39 Å². The smallest absolute Gasteiger partial charge is 0.224 e. The molecule has 3 aromatic carbocycles. The fourth-order valence-electron chi connectivity index (χ4n) is 4.23. The summed E-state index contributed by atoms with van der Waals surface area (Å²) in [7, 11) is -3.62. The summed E-state index contributed by atoms with van der Waals surface area (Å²) in [6.07, 6.45) is 2.70. The van der Waals surface area contributed by atoms with E-state index in [0.29, 0.717) is 11.1 Å². The minimum Gasteiger partial charge on any atom is -0.334 e. The standard InChI is InChI=1S/C27H25FN2O3S/c28-25-6-1-3-22(15-25)19-30(18-21-9-7-20(17-29)8-10-21)27(31)13-14-34(32,33)26-12-11-23-4-2-5-24(23)16-26/h1,3,6-12,15-16H,2,4-5,13-14,18-19H2. The molecule has 0 heterocycles. The zero-order valence-corrected chi connectivity index (χ0v) is 19.5. The van der Waals surface area contributed by atoms with Gasteiger partial charge < -0.3 is 4.90 Å². The lowest BCUT2D eigenvalue weighted by atomic mass is 10.1. The summed E-state index contributed by atoms with van der Waals surface area (Å²) in [4.78, 5) is 14.9. The van der Waals surface area contributed by atoms with E-state index in [1.165, 1.54) is 22.6 Å². The molecule has 0 fully saturated rings. The molecular weight excluding hydrogens is 451 g/mol. The van der Waals surface area contributed by atoms with Crippen molar-refractivity contribution >= 4 is 15.7 Å². The van der Waals surface area contributed by atoms with Gasteiger partial charge in [0.05, 0.1) is 22.3 Å². The van der Waals surface area contributed by atoms with Crippen LogP contribution in [-0.2, 0) is 40.6 Å². The Morgan fingerprint density at radius 3 is 2.41 bits per heavy atom. The maximum Gasteiger partial charge on any atom is 0.224 e. The van der Waals surface area contributed by atoms with Crippen molar-refractivity contribution in [3.63, 3.8) is 0 Å². The number of aryl methyl sites for hydroxylation is 2. The molecule has 4 rings (SSSR count). The van der Waals surface area contributed by atoms with E-state index < -0.39 is 15.7 Å². The number of carbonyl (C=O) groups is 1. The van der Waals surface area contributed by atoms with Crippen LogP contribution in [0.3, 0.4) is 0 Å². The topological polar surface area (TPSA) is 78.2 Å². The number of nitrogens with zero attached hydrogens (tertiary/aromatic N) is 2. The average Bonchev–Trinajstić information content (AvgIpc) is 3.31. The number of nitriles is 1. The summed E-state index contributed by atoms with van der Waals surface area (Å²) >= 11 is 0. The zero-order valence-electron chi connectivity index (χ0n) is 18.7. The van der Waals surface area contributed by atoms with E-state index in [0.717, 1.165) is 30.4 Å². The predicted molar refractivity (Wildman–Crippen MR) is 127 cm³/mol. The third-order valence-electron chi connectivity index (χ3n) is 6.09. The summed E-state index contributed by atoms with van der Waals surface area (Å²) in [5.41, 5.74) is 4.18. The Labute approximate surface area is 199 Å². The van der Waals surface area contributed by atoms with Crippen LogP contribution in [0.25, 0.3) is 0 Å². The SMILES string of the molecule is N#Cc1ccc(CN(Cc2cccc(F)c2)C(=O)CCS(=O)(=O)c2ccc3c(c2)CCC3)cc1. The zero-order chi connectivity index (χ0) is 24.1. The van der Waals surface area contributed by atoms with Crippen LogP contribution < -0.4 is 0 Å². The van der Waals surface area contributed by atoms with Crippen molar-refractivity contribution in [2.24, 2.45) is 0 Å². The molecule has 1 aliphatic carbocycles. The highest BCUT2D eigenvalue weighted by Gasteiger charge is 2.22. The van der Waals surface area contributed by atoms with Gasteiger partial charge in [-0.2, -0.15) is 5.26 Å². The molecule has 0 saturated carbocycles. The Bertz CT molecular complexity index is 1350. The van der Waals surface area contributed by atoms with Crippen molar-refractivity contribution in [3.8, 4) is 6.07 Å². The molecule has 0 spiro atoms. The average molecular weight is 477 g/mol. The molecule has 34 heavy (non-hydrogen) atoms. The summed E-state index contributed by atoms with van der Waals surface area (Å²) in [5.74, 6) is -1.03. The van der Waals surface area contributed by atoms with Crippen molar-refractivity contribution in [1.82, 2.24) is 4.90 Å². The van der Waals surface area contributed by atoms with Crippen LogP contribution in [0.1, 0.15) is 40.7 Å². The van der Waals surface area contributed by atoms with Gasteiger partial charge in [-0.05, 0) is 77.9 Å². The van der Waals surface area contributed by atoms with Crippen molar-refractivity contribution in [3.05, 3.63) is 100 Å². The molecule has 0 unspecified atom stereocenters. The molecule has 3 aromatic rings. The van der Waals surface area contributed by atoms with Gasteiger partial charge in [0.2, 0.25) is 5.91 Å². The molecule has 0 aliphatic heterocycles. The van der Waals surface area contributed by atoms with Gasteiger partial charge in [0.15, 0.2) is 9.84 Å². The molecule has 0 radical (unpaired) electrons.